The first-order chi connectivity index (χ1) is 14.0. The third kappa shape index (κ3) is 3.82. The quantitative estimate of drug-likeness (QED) is 0.454. The van der Waals surface area contributed by atoms with Gasteiger partial charge in [0.05, 0.1) is 23.4 Å². The molecule has 0 atom stereocenters. The van der Waals surface area contributed by atoms with Gasteiger partial charge in [-0.15, -0.1) is 16.4 Å². The number of hydrogen-bond acceptors (Lipinski definition) is 6. The van der Waals surface area contributed by atoms with Crippen molar-refractivity contribution in [3.8, 4) is 11.3 Å². The Bertz CT molecular complexity index is 1250. The minimum absolute atomic E-state index is 0.136. The number of nitrogens with zero attached hydrogens (tertiary/aromatic N) is 3. The highest BCUT2D eigenvalue weighted by Gasteiger charge is 2.17. The van der Waals surface area contributed by atoms with Gasteiger partial charge < -0.3 is 4.74 Å². The summed E-state index contributed by atoms with van der Waals surface area (Å²) < 4.78 is 6.27. The van der Waals surface area contributed by atoms with Crippen LogP contribution in [-0.2, 0) is 4.74 Å². The van der Waals surface area contributed by atoms with Gasteiger partial charge in [0.25, 0.3) is 11.9 Å². The largest absolute Gasteiger partial charge is 0.465 e. The lowest BCUT2D eigenvalue weighted by molar-refractivity contribution is 0.0600. The Kier molecular flexibility index (Phi) is 5.23. The molecule has 2 aromatic carbocycles. The lowest BCUT2D eigenvalue weighted by atomic mass is 10.1. The first-order valence-corrected chi connectivity index (χ1v) is 9.89. The molecule has 0 saturated carbocycles. The predicted octanol–water partition coefficient (Wildman–Crippen LogP) is 4.80. The van der Waals surface area contributed by atoms with Crippen LogP contribution in [-0.4, -0.2) is 33.6 Å². The number of benzene rings is 2. The Hall–Kier alpha value is -2.94. The van der Waals surface area contributed by atoms with Gasteiger partial charge in [-0.05, 0) is 36.4 Å². The lowest BCUT2D eigenvalue weighted by Gasteiger charge is -2.04. The number of thiazole rings is 1. The Labute approximate surface area is 178 Å². The summed E-state index contributed by atoms with van der Waals surface area (Å²) in [7, 11) is 1.28. The van der Waals surface area contributed by atoms with Crippen molar-refractivity contribution >= 4 is 57.3 Å². The van der Waals surface area contributed by atoms with E-state index in [0.717, 1.165) is 11.3 Å². The zero-order valence-corrected chi connectivity index (χ0v) is 17.2. The van der Waals surface area contributed by atoms with Crippen molar-refractivity contribution in [3.05, 3.63) is 69.0 Å². The Morgan fingerprint density at radius 3 is 2.69 bits per heavy atom. The smallest absolute Gasteiger partial charge is 0.337 e. The number of fused-ring (bicyclic) bond motifs is 1. The van der Waals surface area contributed by atoms with Gasteiger partial charge in [-0.2, -0.15) is 4.98 Å². The zero-order valence-electron chi connectivity index (χ0n) is 14.8. The minimum Gasteiger partial charge on any atom is -0.465 e. The van der Waals surface area contributed by atoms with Crippen molar-refractivity contribution in [2.24, 2.45) is 0 Å². The van der Waals surface area contributed by atoms with Gasteiger partial charge in [0.2, 0.25) is 4.96 Å². The maximum absolute atomic E-state index is 12.5. The number of nitrogens with one attached hydrogen (secondary N) is 1. The van der Waals surface area contributed by atoms with Crippen LogP contribution in [0.1, 0.15) is 20.7 Å². The summed E-state index contributed by atoms with van der Waals surface area (Å²) in [5.74, 6) is -0.832. The number of aromatic nitrogens is 3. The summed E-state index contributed by atoms with van der Waals surface area (Å²) in [4.78, 5) is 29.1. The van der Waals surface area contributed by atoms with Gasteiger partial charge in [-0.25, -0.2) is 9.31 Å². The molecule has 0 aliphatic heterocycles. The second kappa shape index (κ2) is 7.82. The van der Waals surface area contributed by atoms with E-state index in [4.69, 9.17) is 23.2 Å². The molecule has 146 valence electrons. The molecule has 0 fully saturated rings. The van der Waals surface area contributed by atoms with Gasteiger partial charge in [0, 0.05) is 21.5 Å². The summed E-state index contributed by atoms with van der Waals surface area (Å²) in [5.41, 5.74) is 2.04. The monoisotopic (exact) mass is 446 g/mol. The lowest BCUT2D eigenvalue weighted by Crippen LogP contribution is -2.14. The van der Waals surface area contributed by atoms with E-state index in [0.29, 0.717) is 15.0 Å². The molecule has 0 bridgehead atoms. The Balaban J connectivity index is 1.62. The van der Waals surface area contributed by atoms with E-state index in [2.05, 4.69) is 20.1 Å². The topological polar surface area (TPSA) is 85.6 Å². The maximum Gasteiger partial charge on any atom is 0.337 e. The van der Waals surface area contributed by atoms with Crippen molar-refractivity contribution in [2.75, 3.05) is 12.4 Å². The third-order valence-corrected chi connectivity index (χ3v) is 5.42. The van der Waals surface area contributed by atoms with E-state index in [1.54, 1.807) is 40.9 Å². The molecule has 1 N–H and O–H groups in total. The standard InChI is InChI=1S/C19H12Cl2N4O3S/c1-28-17(27)11-4-2-3-10(7-11)16(26)22-18-23-19-25(24-18)15(9-29-19)13-6-5-12(20)8-14(13)21/h2-9H,1H3,(H,22,24,26). The predicted molar refractivity (Wildman–Crippen MR) is 112 cm³/mol. The van der Waals surface area contributed by atoms with Crippen molar-refractivity contribution in [1.29, 1.82) is 0 Å². The van der Waals surface area contributed by atoms with Gasteiger partial charge in [0.1, 0.15) is 0 Å². The third-order valence-electron chi connectivity index (χ3n) is 4.06. The van der Waals surface area contributed by atoms with Crippen LogP contribution < -0.4 is 5.32 Å². The van der Waals surface area contributed by atoms with Crippen LogP contribution in [0.15, 0.2) is 47.8 Å². The highest BCUT2D eigenvalue weighted by atomic mass is 35.5. The van der Waals surface area contributed by atoms with Crippen molar-refractivity contribution in [3.63, 3.8) is 0 Å². The number of methoxy groups -OCH3 is 1. The Morgan fingerprint density at radius 2 is 1.93 bits per heavy atom. The average Bonchev–Trinajstić information content (AvgIpc) is 3.28. The minimum atomic E-state index is -0.523. The normalized spacial score (nSPS) is 10.9. The number of carbonyl (C=O) groups excluding carboxylic acids is 2. The molecule has 0 unspecified atom stereocenters. The summed E-state index contributed by atoms with van der Waals surface area (Å²) in [6, 6.07) is 11.4. The summed E-state index contributed by atoms with van der Waals surface area (Å²) in [6.45, 7) is 0. The van der Waals surface area contributed by atoms with Crippen LogP contribution in [0.4, 0.5) is 5.95 Å². The van der Waals surface area contributed by atoms with E-state index in [1.165, 1.54) is 24.5 Å². The number of carbonyl (C=O) groups is 2. The van der Waals surface area contributed by atoms with Crippen molar-refractivity contribution in [1.82, 2.24) is 14.6 Å². The van der Waals surface area contributed by atoms with Crippen molar-refractivity contribution in [2.45, 2.75) is 0 Å². The fourth-order valence-corrected chi connectivity index (χ4v) is 4.02. The molecule has 0 aliphatic rings. The number of halogens is 2. The van der Waals surface area contributed by atoms with E-state index >= 15 is 0 Å². The molecule has 1 amide bonds. The van der Waals surface area contributed by atoms with Crippen LogP contribution in [0.25, 0.3) is 16.2 Å². The maximum atomic E-state index is 12.5. The molecule has 0 saturated heterocycles. The molecule has 2 aromatic heterocycles. The number of amides is 1. The van der Waals surface area contributed by atoms with Gasteiger partial charge in [-0.1, -0.05) is 29.3 Å². The number of hydrogen-bond donors (Lipinski definition) is 1. The fraction of sp³-hybridized carbons (Fsp3) is 0.0526. The van der Waals surface area contributed by atoms with Crippen LogP contribution >= 0.6 is 34.5 Å². The van der Waals surface area contributed by atoms with Crippen LogP contribution in [0.2, 0.25) is 10.0 Å². The number of rotatable bonds is 4. The highest BCUT2D eigenvalue weighted by molar-refractivity contribution is 7.15. The van der Waals surface area contributed by atoms with Gasteiger partial charge >= 0.3 is 5.97 Å². The van der Waals surface area contributed by atoms with Crippen molar-refractivity contribution < 1.29 is 14.3 Å². The van der Waals surface area contributed by atoms with E-state index < -0.39 is 11.9 Å². The van der Waals surface area contributed by atoms with Crippen LogP contribution in [0.3, 0.4) is 0 Å². The van der Waals surface area contributed by atoms with Gasteiger partial charge in [0.15, 0.2) is 0 Å². The molecule has 0 aliphatic carbocycles. The summed E-state index contributed by atoms with van der Waals surface area (Å²) in [6.07, 6.45) is 0. The molecule has 0 spiro atoms. The fourth-order valence-electron chi connectivity index (χ4n) is 2.70. The zero-order chi connectivity index (χ0) is 20.5. The van der Waals surface area contributed by atoms with E-state index in [-0.39, 0.29) is 17.1 Å². The number of esters is 1. The number of anilines is 1. The summed E-state index contributed by atoms with van der Waals surface area (Å²) >= 11 is 13.6. The second-order valence-electron chi connectivity index (χ2n) is 5.90. The number of ether oxygens (including phenoxy) is 1. The highest BCUT2D eigenvalue weighted by Crippen LogP contribution is 2.33. The Morgan fingerprint density at radius 1 is 1.14 bits per heavy atom. The molecule has 29 heavy (non-hydrogen) atoms. The molecule has 7 nitrogen and oxygen atoms in total. The summed E-state index contributed by atoms with van der Waals surface area (Å²) in [5, 5.41) is 9.88. The average molecular weight is 447 g/mol. The first-order valence-electron chi connectivity index (χ1n) is 8.25. The van der Waals surface area contributed by atoms with Gasteiger partial charge in [-0.3, -0.25) is 10.1 Å². The molecular formula is C19H12Cl2N4O3S. The molecular weight excluding hydrogens is 435 g/mol. The molecule has 10 heteroatoms. The van der Waals surface area contributed by atoms with Crippen LogP contribution in [0.5, 0.6) is 0 Å². The second-order valence-corrected chi connectivity index (χ2v) is 7.58. The van der Waals surface area contributed by atoms with Crippen LogP contribution in [0, 0.1) is 0 Å². The van der Waals surface area contributed by atoms with E-state index in [9.17, 15) is 9.59 Å². The van der Waals surface area contributed by atoms with E-state index in [1.807, 2.05) is 5.38 Å². The molecule has 4 rings (SSSR count). The molecule has 2 heterocycles. The first kappa shape index (κ1) is 19.4. The molecule has 4 aromatic rings. The SMILES string of the molecule is COC(=O)c1cccc(C(=O)Nc2nc3scc(-c4ccc(Cl)cc4Cl)n3n2)c1. The molecule has 0 radical (unpaired) electrons.